The molecule has 0 saturated carbocycles. The van der Waals surface area contributed by atoms with Gasteiger partial charge in [0.15, 0.2) is 9.84 Å². The van der Waals surface area contributed by atoms with E-state index in [1.54, 1.807) is 6.92 Å². The Morgan fingerprint density at radius 3 is 2.80 bits per heavy atom. The molecule has 2 atom stereocenters. The standard InChI is InChI=1S/C10H21NO3S/c1-9(4-6-11)15(12,13)8-5-10-3-2-7-14-10/h9-10H,2-8,11H2,1H3. The van der Waals surface area contributed by atoms with E-state index in [1.165, 1.54) is 0 Å². The Hall–Kier alpha value is -0.130. The molecule has 1 heterocycles. The number of sulfone groups is 1. The van der Waals surface area contributed by atoms with Crippen LogP contribution in [0.5, 0.6) is 0 Å². The summed E-state index contributed by atoms with van der Waals surface area (Å²) in [5.74, 6) is 0.235. The lowest BCUT2D eigenvalue weighted by molar-refractivity contribution is 0.109. The molecule has 1 aliphatic rings. The Morgan fingerprint density at radius 1 is 1.53 bits per heavy atom. The summed E-state index contributed by atoms with van der Waals surface area (Å²) in [5, 5.41) is -0.316. The third-order valence-corrected chi connectivity index (χ3v) is 5.20. The Labute approximate surface area is 92.1 Å². The Bertz CT molecular complexity index is 270. The molecule has 2 N–H and O–H groups in total. The number of nitrogens with two attached hydrogens (primary N) is 1. The van der Waals surface area contributed by atoms with E-state index in [0.717, 1.165) is 19.4 Å². The maximum atomic E-state index is 11.8. The van der Waals surface area contributed by atoms with Crippen molar-refractivity contribution in [3.8, 4) is 0 Å². The molecule has 4 nitrogen and oxygen atoms in total. The molecule has 0 bridgehead atoms. The van der Waals surface area contributed by atoms with Gasteiger partial charge in [-0.3, -0.25) is 0 Å². The van der Waals surface area contributed by atoms with Crippen molar-refractivity contribution in [1.29, 1.82) is 0 Å². The molecule has 1 aliphatic heterocycles. The SMILES string of the molecule is CC(CCN)S(=O)(=O)CCC1CCCO1. The highest BCUT2D eigenvalue weighted by atomic mass is 32.2. The fourth-order valence-electron chi connectivity index (χ4n) is 1.78. The second-order valence-electron chi connectivity index (χ2n) is 4.18. The quantitative estimate of drug-likeness (QED) is 0.736. The summed E-state index contributed by atoms with van der Waals surface area (Å²) >= 11 is 0. The van der Waals surface area contributed by atoms with Crippen molar-refractivity contribution in [2.75, 3.05) is 18.9 Å². The number of rotatable bonds is 6. The largest absolute Gasteiger partial charge is 0.378 e. The first-order valence-electron chi connectivity index (χ1n) is 5.59. The van der Waals surface area contributed by atoms with Crippen LogP contribution in [0.25, 0.3) is 0 Å². The molecule has 0 aliphatic carbocycles. The van der Waals surface area contributed by atoms with Crippen molar-refractivity contribution in [1.82, 2.24) is 0 Å². The Morgan fingerprint density at radius 2 is 2.27 bits per heavy atom. The Kier molecular flexibility index (Phi) is 5.02. The van der Waals surface area contributed by atoms with Crippen molar-refractivity contribution in [3.05, 3.63) is 0 Å². The molecule has 0 spiro atoms. The van der Waals surface area contributed by atoms with Gasteiger partial charge in [-0.05, 0) is 39.2 Å². The molecule has 2 unspecified atom stereocenters. The highest BCUT2D eigenvalue weighted by Crippen LogP contribution is 2.17. The van der Waals surface area contributed by atoms with Gasteiger partial charge in [-0.2, -0.15) is 0 Å². The molecule has 0 aromatic carbocycles. The zero-order valence-corrected chi connectivity index (χ0v) is 10.1. The molecular weight excluding hydrogens is 214 g/mol. The zero-order chi connectivity index (χ0) is 11.3. The highest BCUT2D eigenvalue weighted by molar-refractivity contribution is 7.92. The maximum Gasteiger partial charge on any atom is 0.153 e. The van der Waals surface area contributed by atoms with Crippen LogP contribution in [-0.4, -0.2) is 38.7 Å². The van der Waals surface area contributed by atoms with Crippen LogP contribution >= 0.6 is 0 Å². The monoisotopic (exact) mass is 235 g/mol. The summed E-state index contributed by atoms with van der Waals surface area (Å²) in [6.45, 7) is 2.95. The van der Waals surface area contributed by atoms with Crippen molar-refractivity contribution in [2.45, 2.75) is 44.0 Å². The van der Waals surface area contributed by atoms with Gasteiger partial charge in [-0.15, -0.1) is 0 Å². The molecule has 1 fully saturated rings. The maximum absolute atomic E-state index is 11.8. The summed E-state index contributed by atoms with van der Waals surface area (Å²) in [6, 6.07) is 0. The van der Waals surface area contributed by atoms with Crippen molar-refractivity contribution in [2.24, 2.45) is 5.73 Å². The van der Waals surface area contributed by atoms with E-state index in [9.17, 15) is 8.42 Å². The van der Waals surface area contributed by atoms with E-state index in [1.807, 2.05) is 0 Å². The average molecular weight is 235 g/mol. The van der Waals surface area contributed by atoms with E-state index >= 15 is 0 Å². The minimum atomic E-state index is -2.97. The van der Waals surface area contributed by atoms with Crippen LogP contribution in [0.1, 0.15) is 32.6 Å². The van der Waals surface area contributed by atoms with Gasteiger partial charge in [0, 0.05) is 6.61 Å². The highest BCUT2D eigenvalue weighted by Gasteiger charge is 2.23. The molecule has 1 saturated heterocycles. The fraction of sp³-hybridized carbons (Fsp3) is 1.00. The summed E-state index contributed by atoms with van der Waals surface area (Å²) in [6.07, 6.45) is 3.40. The molecule has 0 aromatic rings. The lowest BCUT2D eigenvalue weighted by atomic mass is 10.2. The van der Waals surface area contributed by atoms with Crippen LogP contribution in [0, 0.1) is 0 Å². The van der Waals surface area contributed by atoms with Crippen LogP contribution in [0.15, 0.2) is 0 Å². The van der Waals surface area contributed by atoms with Crippen LogP contribution in [0.4, 0.5) is 0 Å². The van der Waals surface area contributed by atoms with E-state index in [4.69, 9.17) is 10.5 Å². The number of hydrogen-bond acceptors (Lipinski definition) is 4. The number of ether oxygens (including phenoxy) is 1. The van der Waals surface area contributed by atoms with Crippen LogP contribution in [0.2, 0.25) is 0 Å². The van der Waals surface area contributed by atoms with Gasteiger partial charge in [0.25, 0.3) is 0 Å². The first kappa shape index (κ1) is 12.9. The zero-order valence-electron chi connectivity index (χ0n) is 9.31. The fourth-order valence-corrected chi connectivity index (χ4v) is 3.27. The lowest BCUT2D eigenvalue weighted by Gasteiger charge is -2.14. The van der Waals surface area contributed by atoms with Crippen LogP contribution in [0.3, 0.4) is 0 Å². The first-order chi connectivity index (χ1) is 7.06. The molecule has 15 heavy (non-hydrogen) atoms. The molecule has 1 rings (SSSR count). The smallest absolute Gasteiger partial charge is 0.153 e. The van der Waals surface area contributed by atoms with E-state index in [0.29, 0.717) is 19.4 Å². The second kappa shape index (κ2) is 5.82. The number of hydrogen-bond donors (Lipinski definition) is 1. The van der Waals surface area contributed by atoms with E-state index in [-0.39, 0.29) is 17.1 Å². The summed E-state index contributed by atoms with van der Waals surface area (Å²) < 4.78 is 28.9. The predicted octanol–water partition coefficient (Wildman–Crippen LogP) is 0.708. The molecule has 5 heteroatoms. The van der Waals surface area contributed by atoms with Crippen molar-refractivity contribution >= 4 is 9.84 Å². The van der Waals surface area contributed by atoms with E-state index in [2.05, 4.69) is 0 Å². The molecule has 0 radical (unpaired) electrons. The summed E-state index contributed by atoms with van der Waals surface area (Å²) in [4.78, 5) is 0. The van der Waals surface area contributed by atoms with E-state index < -0.39 is 9.84 Å². The van der Waals surface area contributed by atoms with Gasteiger partial charge in [0.05, 0.1) is 17.1 Å². The van der Waals surface area contributed by atoms with Gasteiger partial charge in [0.1, 0.15) is 0 Å². The topological polar surface area (TPSA) is 69.4 Å². The summed E-state index contributed by atoms with van der Waals surface area (Å²) in [5.41, 5.74) is 5.36. The molecule has 90 valence electrons. The van der Waals surface area contributed by atoms with Gasteiger partial charge >= 0.3 is 0 Å². The Balaban J connectivity index is 2.34. The average Bonchev–Trinajstić information content (AvgIpc) is 2.68. The minimum absolute atomic E-state index is 0.157. The van der Waals surface area contributed by atoms with Crippen LogP contribution < -0.4 is 5.73 Å². The van der Waals surface area contributed by atoms with Gasteiger partial charge in [-0.25, -0.2) is 8.42 Å². The molecule has 0 aromatic heterocycles. The van der Waals surface area contributed by atoms with Crippen LogP contribution in [-0.2, 0) is 14.6 Å². The normalized spacial score (nSPS) is 24.3. The lowest BCUT2D eigenvalue weighted by Crippen LogP contribution is -2.25. The van der Waals surface area contributed by atoms with Crippen molar-refractivity contribution in [3.63, 3.8) is 0 Å². The second-order valence-corrected chi connectivity index (χ2v) is 6.72. The first-order valence-corrected chi connectivity index (χ1v) is 7.31. The third kappa shape index (κ3) is 4.09. The van der Waals surface area contributed by atoms with Gasteiger partial charge in [-0.1, -0.05) is 0 Å². The summed E-state index contributed by atoms with van der Waals surface area (Å²) in [7, 11) is -2.97. The molecular formula is C10H21NO3S. The van der Waals surface area contributed by atoms with Gasteiger partial charge < -0.3 is 10.5 Å². The minimum Gasteiger partial charge on any atom is -0.378 e. The van der Waals surface area contributed by atoms with Crippen molar-refractivity contribution < 1.29 is 13.2 Å². The predicted molar refractivity (Wildman–Crippen MR) is 60.5 cm³/mol. The third-order valence-electron chi connectivity index (χ3n) is 2.93. The molecule has 0 amide bonds. The van der Waals surface area contributed by atoms with Gasteiger partial charge in [0.2, 0.25) is 0 Å².